The van der Waals surface area contributed by atoms with Crippen molar-refractivity contribution in [1.82, 2.24) is 0 Å². The van der Waals surface area contributed by atoms with Crippen LogP contribution in [0.25, 0.3) is 6.08 Å². The maximum Gasteiger partial charge on any atom is 0.416 e. The molecule has 104 valence electrons. The molecule has 0 aliphatic heterocycles. The predicted molar refractivity (Wildman–Crippen MR) is 79.1 cm³/mol. The first kappa shape index (κ1) is 14.7. The van der Waals surface area contributed by atoms with Crippen molar-refractivity contribution in [2.45, 2.75) is 6.18 Å². The van der Waals surface area contributed by atoms with Gasteiger partial charge in [-0.3, -0.25) is 0 Å². The second-order valence-electron chi connectivity index (χ2n) is 4.08. The van der Waals surface area contributed by atoms with Crippen LogP contribution >= 0.6 is 15.9 Å². The van der Waals surface area contributed by atoms with Gasteiger partial charge in [-0.1, -0.05) is 34.1 Å². The topological polar surface area (TPSA) is 12.0 Å². The van der Waals surface area contributed by atoms with Crippen LogP contribution in [0, 0.1) is 0 Å². The molecule has 0 heterocycles. The van der Waals surface area contributed by atoms with E-state index in [-0.39, 0.29) is 0 Å². The maximum atomic E-state index is 12.5. The largest absolute Gasteiger partial charge is 0.416 e. The monoisotopic (exact) mass is 341 g/mol. The minimum atomic E-state index is -4.31. The molecule has 0 aliphatic rings. The van der Waals surface area contributed by atoms with Crippen LogP contribution in [0.3, 0.4) is 0 Å². The highest BCUT2D eigenvalue weighted by molar-refractivity contribution is 9.11. The van der Waals surface area contributed by atoms with Gasteiger partial charge in [0.05, 0.1) is 5.56 Å². The van der Waals surface area contributed by atoms with Gasteiger partial charge in [0.15, 0.2) is 0 Å². The smallest absolute Gasteiger partial charge is 0.355 e. The molecular formula is C15H11BrF3N. The standard InChI is InChI=1S/C15H11BrF3N/c16-10-9-11-3-1-2-4-14(11)20-13-7-5-12(6-8-13)15(17,18)19/h1-10,20H/b10-9-. The molecule has 20 heavy (non-hydrogen) atoms. The van der Waals surface area contributed by atoms with Crippen molar-refractivity contribution in [3.8, 4) is 0 Å². The summed E-state index contributed by atoms with van der Waals surface area (Å²) in [4.78, 5) is 1.72. The Morgan fingerprint density at radius 2 is 1.60 bits per heavy atom. The third-order valence-corrected chi connectivity index (χ3v) is 2.96. The van der Waals surface area contributed by atoms with E-state index in [0.29, 0.717) is 5.69 Å². The fourth-order valence-electron chi connectivity index (χ4n) is 1.72. The molecule has 0 bridgehead atoms. The van der Waals surface area contributed by atoms with Gasteiger partial charge >= 0.3 is 6.18 Å². The van der Waals surface area contributed by atoms with E-state index in [0.717, 1.165) is 23.4 Å². The molecule has 0 aromatic heterocycles. The molecule has 1 nitrogen and oxygen atoms in total. The van der Waals surface area contributed by atoms with Crippen molar-refractivity contribution < 1.29 is 13.2 Å². The zero-order valence-electron chi connectivity index (χ0n) is 10.3. The van der Waals surface area contributed by atoms with Crippen molar-refractivity contribution >= 4 is 33.4 Å². The molecule has 2 aromatic rings. The first-order valence-corrected chi connectivity index (χ1v) is 6.72. The third kappa shape index (κ3) is 3.63. The number of benzene rings is 2. The molecule has 5 heteroatoms. The van der Waals surface area contributed by atoms with Crippen LogP contribution < -0.4 is 5.32 Å². The number of hydrogen-bond donors (Lipinski definition) is 1. The van der Waals surface area contributed by atoms with Crippen LogP contribution in [0.1, 0.15) is 11.1 Å². The molecule has 0 unspecified atom stereocenters. The lowest BCUT2D eigenvalue weighted by Gasteiger charge is -2.11. The summed E-state index contributed by atoms with van der Waals surface area (Å²) >= 11 is 3.20. The summed E-state index contributed by atoms with van der Waals surface area (Å²) in [7, 11) is 0. The van der Waals surface area contributed by atoms with Gasteiger partial charge < -0.3 is 5.32 Å². The number of rotatable bonds is 3. The third-order valence-electron chi connectivity index (χ3n) is 2.69. The normalized spacial score (nSPS) is 11.8. The number of para-hydroxylation sites is 1. The highest BCUT2D eigenvalue weighted by atomic mass is 79.9. The Hall–Kier alpha value is -1.75. The lowest BCUT2D eigenvalue weighted by atomic mass is 10.1. The van der Waals surface area contributed by atoms with E-state index in [1.807, 2.05) is 30.3 Å². The van der Waals surface area contributed by atoms with Crippen LogP contribution in [0.15, 0.2) is 53.5 Å². The highest BCUT2D eigenvalue weighted by Crippen LogP contribution is 2.30. The lowest BCUT2D eigenvalue weighted by Crippen LogP contribution is -2.04. The van der Waals surface area contributed by atoms with Crippen LogP contribution in [-0.4, -0.2) is 0 Å². The van der Waals surface area contributed by atoms with Crippen molar-refractivity contribution in [3.63, 3.8) is 0 Å². The van der Waals surface area contributed by atoms with Crippen molar-refractivity contribution in [2.75, 3.05) is 5.32 Å². The van der Waals surface area contributed by atoms with E-state index in [1.54, 1.807) is 4.99 Å². The van der Waals surface area contributed by atoms with Crippen molar-refractivity contribution in [2.24, 2.45) is 0 Å². The van der Waals surface area contributed by atoms with E-state index in [2.05, 4.69) is 21.2 Å². The Balaban J connectivity index is 2.23. The first-order chi connectivity index (χ1) is 9.50. The molecular weight excluding hydrogens is 331 g/mol. The van der Waals surface area contributed by atoms with Gasteiger partial charge in [-0.05, 0) is 47.0 Å². The molecule has 0 saturated heterocycles. The van der Waals surface area contributed by atoms with Gasteiger partial charge in [0.2, 0.25) is 0 Å². The second kappa shape index (κ2) is 6.13. The van der Waals surface area contributed by atoms with Gasteiger partial charge in [0.25, 0.3) is 0 Å². The first-order valence-electron chi connectivity index (χ1n) is 5.81. The molecule has 0 radical (unpaired) electrons. The Bertz CT molecular complexity index is 603. The highest BCUT2D eigenvalue weighted by Gasteiger charge is 2.29. The summed E-state index contributed by atoms with van der Waals surface area (Å²) in [6.07, 6.45) is -2.46. The maximum absolute atomic E-state index is 12.5. The van der Waals surface area contributed by atoms with Crippen molar-refractivity contribution in [3.05, 3.63) is 64.6 Å². The number of nitrogens with one attached hydrogen (secondary N) is 1. The summed E-state index contributed by atoms with van der Waals surface area (Å²) in [5.74, 6) is 0. The molecule has 2 rings (SSSR count). The quantitative estimate of drug-likeness (QED) is 0.742. The van der Waals surface area contributed by atoms with Gasteiger partial charge in [-0.25, -0.2) is 0 Å². The lowest BCUT2D eigenvalue weighted by molar-refractivity contribution is -0.137. The van der Waals surface area contributed by atoms with Crippen LogP contribution in [0.5, 0.6) is 0 Å². The van der Waals surface area contributed by atoms with E-state index < -0.39 is 11.7 Å². The van der Waals surface area contributed by atoms with Crippen molar-refractivity contribution in [1.29, 1.82) is 0 Å². The minimum Gasteiger partial charge on any atom is -0.355 e. The summed E-state index contributed by atoms with van der Waals surface area (Å²) < 4.78 is 37.4. The Morgan fingerprint density at radius 3 is 2.20 bits per heavy atom. The second-order valence-corrected chi connectivity index (χ2v) is 4.61. The predicted octanol–water partition coefficient (Wildman–Crippen LogP) is 5.81. The number of hydrogen-bond acceptors (Lipinski definition) is 1. The van der Waals surface area contributed by atoms with Crippen LogP contribution in [0.4, 0.5) is 24.5 Å². The Morgan fingerprint density at radius 1 is 0.950 bits per heavy atom. The molecule has 0 saturated carbocycles. The average Bonchev–Trinajstić information content (AvgIpc) is 2.41. The van der Waals surface area contributed by atoms with Gasteiger partial charge in [0.1, 0.15) is 0 Å². The zero-order valence-corrected chi connectivity index (χ0v) is 11.9. The molecule has 0 fully saturated rings. The molecule has 0 spiro atoms. The molecule has 1 N–H and O–H groups in total. The number of anilines is 2. The van der Waals surface area contributed by atoms with Crippen LogP contribution in [0.2, 0.25) is 0 Å². The summed E-state index contributed by atoms with van der Waals surface area (Å²) in [5.41, 5.74) is 1.71. The van der Waals surface area contributed by atoms with Crippen LogP contribution in [-0.2, 0) is 6.18 Å². The SMILES string of the molecule is FC(F)(F)c1ccc(Nc2ccccc2/C=C\Br)cc1. The molecule has 0 atom stereocenters. The average molecular weight is 342 g/mol. The fraction of sp³-hybridized carbons (Fsp3) is 0.0667. The van der Waals surface area contributed by atoms with E-state index >= 15 is 0 Å². The molecule has 0 aliphatic carbocycles. The van der Waals surface area contributed by atoms with Gasteiger partial charge in [-0.15, -0.1) is 0 Å². The Kier molecular flexibility index (Phi) is 4.49. The van der Waals surface area contributed by atoms with Gasteiger partial charge in [0, 0.05) is 11.4 Å². The summed E-state index contributed by atoms with van der Waals surface area (Å²) in [5, 5.41) is 3.10. The Labute approximate surface area is 123 Å². The van der Waals surface area contributed by atoms with E-state index in [1.165, 1.54) is 12.1 Å². The van der Waals surface area contributed by atoms with E-state index in [4.69, 9.17) is 0 Å². The fourth-order valence-corrected chi connectivity index (χ4v) is 2.01. The number of alkyl halides is 3. The summed E-state index contributed by atoms with van der Waals surface area (Å²) in [6.45, 7) is 0. The van der Waals surface area contributed by atoms with E-state index in [9.17, 15) is 13.2 Å². The zero-order chi connectivity index (χ0) is 14.6. The molecule has 0 amide bonds. The molecule has 2 aromatic carbocycles. The number of halogens is 4. The van der Waals surface area contributed by atoms with Gasteiger partial charge in [-0.2, -0.15) is 13.2 Å². The minimum absolute atomic E-state index is 0.605. The summed E-state index contributed by atoms with van der Waals surface area (Å²) in [6, 6.07) is 12.5.